The number of hydrogen-bond donors (Lipinski definition) is 0. The first-order chi connectivity index (χ1) is 14.8. The predicted octanol–water partition coefficient (Wildman–Crippen LogP) is 8.47. The lowest BCUT2D eigenvalue weighted by Crippen LogP contribution is -2.55. The van der Waals surface area contributed by atoms with E-state index in [2.05, 4.69) is 153 Å². The van der Waals surface area contributed by atoms with E-state index in [0.29, 0.717) is 0 Å². The van der Waals surface area contributed by atoms with E-state index in [-0.39, 0.29) is 6.71 Å². The number of halogens is 6. The van der Waals surface area contributed by atoms with Gasteiger partial charge in [-0.15, -0.1) is 0 Å². The SMILES string of the molecule is CCc1ccc(Br)c(B(c2c(Br)ccc(CC)c2Br)c2c(Br)ccc(CC)c2Br)c1Br. The van der Waals surface area contributed by atoms with Gasteiger partial charge >= 0.3 is 0 Å². The summed E-state index contributed by atoms with van der Waals surface area (Å²) in [6.45, 7) is 6.57. The highest BCUT2D eigenvalue weighted by Gasteiger charge is 2.34. The second-order valence-corrected chi connectivity index (χ2v) is 12.2. The van der Waals surface area contributed by atoms with Crippen LogP contribution in [0.3, 0.4) is 0 Å². The third-order valence-corrected chi connectivity index (χ3v) is 10.5. The summed E-state index contributed by atoms with van der Waals surface area (Å²) >= 11 is 23.5. The van der Waals surface area contributed by atoms with Crippen LogP contribution in [0.5, 0.6) is 0 Å². The normalized spacial score (nSPS) is 11.1. The molecule has 7 heteroatoms. The van der Waals surface area contributed by atoms with E-state index >= 15 is 0 Å². The molecular weight excluding hydrogens is 778 g/mol. The van der Waals surface area contributed by atoms with Crippen molar-refractivity contribution in [1.82, 2.24) is 0 Å². The van der Waals surface area contributed by atoms with Crippen molar-refractivity contribution in [2.75, 3.05) is 0 Å². The van der Waals surface area contributed by atoms with Gasteiger partial charge in [-0.2, -0.15) is 0 Å². The number of hydrogen-bond acceptors (Lipinski definition) is 0. The molecule has 0 fully saturated rings. The van der Waals surface area contributed by atoms with Gasteiger partial charge in [0.05, 0.1) is 0 Å². The average molecular weight is 800 g/mol. The average Bonchev–Trinajstić information content (AvgIpc) is 2.74. The van der Waals surface area contributed by atoms with Gasteiger partial charge in [-0.1, -0.05) is 135 Å². The summed E-state index contributed by atoms with van der Waals surface area (Å²) in [7, 11) is 0. The first kappa shape index (κ1) is 26.2. The molecule has 31 heavy (non-hydrogen) atoms. The highest BCUT2D eigenvalue weighted by molar-refractivity contribution is 9.12. The van der Waals surface area contributed by atoms with Crippen LogP contribution >= 0.6 is 95.6 Å². The molecule has 0 aliphatic rings. The third-order valence-electron chi connectivity index (χ3n) is 5.63. The Hall–Kier alpha value is 0.605. The molecule has 0 radical (unpaired) electrons. The minimum atomic E-state index is -0.0132. The van der Waals surface area contributed by atoms with E-state index in [1.807, 2.05) is 0 Å². The van der Waals surface area contributed by atoms with Crippen molar-refractivity contribution in [2.45, 2.75) is 40.0 Å². The molecule has 0 N–H and O–H groups in total. The summed E-state index contributed by atoms with van der Waals surface area (Å²) < 4.78 is 6.70. The van der Waals surface area contributed by atoms with E-state index in [1.165, 1.54) is 33.1 Å². The first-order valence-electron chi connectivity index (χ1n) is 10.2. The van der Waals surface area contributed by atoms with Crippen molar-refractivity contribution < 1.29 is 0 Å². The maximum Gasteiger partial charge on any atom is 0.250 e. The Kier molecular flexibility index (Phi) is 9.60. The van der Waals surface area contributed by atoms with Crippen molar-refractivity contribution in [3.63, 3.8) is 0 Å². The summed E-state index contributed by atoms with van der Waals surface area (Å²) in [4.78, 5) is 0. The Balaban J connectivity index is 2.51. The van der Waals surface area contributed by atoms with Crippen molar-refractivity contribution >= 4 is 119 Å². The van der Waals surface area contributed by atoms with E-state index in [9.17, 15) is 0 Å². The molecule has 0 saturated heterocycles. The fraction of sp³-hybridized carbons (Fsp3) is 0.250. The van der Waals surface area contributed by atoms with Gasteiger partial charge < -0.3 is 0 Å². The van der Waals surface area contributed by atoms with Crippen molar-refractivity contribution in [3.05, 3.63) is 79.9 Å². The monoisotopic (exact) mass is 794 g/mol. The molecule has 0 aliphatic heterocycles. The second kappa shape index (κ2) is 11.4. The molecule has 0 spiro atoms. The molecule has 0 nitrogen and oxygen atoms in total. The quantitative estimate of drug-likeness (QED) is 0.220. The van der Waals surface area contributed by atoms with Gasteiger partial charge in [-0.05, 0) is 70.5 Å². The van der Waals surface area contributed by atoms with Crippen LogP contribution in [0, 0.1) is 0 Å². The Morgan fingerprint density at radius 1 is 0.484 bits per heavy atom. The van der Waals surface area contributed by atoms with Gasteiger partial charge in [0.2, 0.25) is 6.71 Å². The summed E-state index contributed by atoms with van der Waals surface area (Å²) in [6, 6.07) is 13.1. The molecule has 0 aliphatic carbocycles. The maximum absolute atomic E-state index is 3.97. The third kappa shape index (κ3) is 5.17. The van der Waals surface area contributed by atoms with Crippen LogP contribution in [0.1, 0.15) is 37.5 Å². The highest BCUT2D eigenvalue weighted by Crippen LogP contribution is 2.29. The van der Waals surface area contributed by atoms with Crippen LogP contribution in [0.15, 0.2) is 63.2 Å². The largest absolute Gasteiger partial charge is 0.250 e. The minimum Gasteiger partial charge on any atom is -0.0613 e. The number of benzene rings is 3. The molecule has 0 heterocycles. The molecule has 0 bridgehead atoms. The lowest BCUT2D eigenvalue weighted by molar-refractivity contribution is 1.13. The zero-order valence-corrected chi connectivity index (χ0v) is 26.9. The summed E-state index contributed by atoms with van der Waals surface area (Å²) in [6.07, 6.45) is 2.88. The Morgan fingerprint density at radius 3 is 0.968 bits per heavy atom. The van der Waals surface area contributed by atoms with Crippen LogP contribution in [-0.2, 0) is 19.3 Å². The second-order valence-electron chi connectivity index (χ2n) is 7.30. The van der Waals surface area contributed by atoms with Crippen molar-refractivity contribution in [3.8, 4) is 0 Å². The molecule has 3 aromatic carbocycles. The van der Waals surface area contributed by atoms with Crippen LogP contribution < -0.4 is 16.4 Å². The van der Waals surface area contributed by atoms with Gasteiger partial charge in [-0.25, -0.2) is 0 Å². The molecule has 3 rings (SSSR count). The van der Waals surface area contributed by atoms with Gasteiger partial charge in [-0.3, -0.25) is 0 Å². The van der Waals surface area contributed by atoms with Crippen LogP contribution in [0.2, 0.25) is 0 Å². The van der Waals surface area contributed by atoms with Crippen LogP contribution in [0.25, 0.3) is 0 Å². The fourth-order valence-corrected chi connectivity index (χ4v) is 8.93. The molecule has 0 amide bonds. The topological polar surface area (TPSA) is 0 Å². The smallest absolute Gasteiger partial charge is 0.0613 e. The van der Waals surface area contributed by atoms with Gasteiger partial charge in [0.25, 0.3) is 0 Å². The van der Waals surface area contributed by atoms with Crippen molar-refractivity contribution in [1.29, 1.82) is 0 Å². The zero-order valence-electron chi connectivity index (χ0n) is 17.4. The van der Waals surface area contributed by atoms with E-state index in [1.54, 1.807) is 0 Å². The fourth-order valence-electron chi connectivity index (χ4n) is 3.89. The van der Waals surface area contributed by atoms with Gasteiger partial charge in [0.15, 0.2) is 0 Å². The lowest BCUT2D eigenvalue weighted by atomic mass is 9.36. The van der Waals surface area contributed by atoms with Crippen molar-refractivity contribution in [2.24, 2.45) is 0 Å². The van der Waals surface area contributed by atoms with Crippen LogP contribution in [0.4, 0.5) is 0 Å². The molecule has 0 saturated carbocycles. The highest BCUT2D eigenvalue weighted by atomic mass is 79.9. The summed E-state index contributed by atoms with van der Waals surface area (Å²) in [5, 5.41) is 0. The molecule has 0 unspecified atom stereocenters. The Labute approximate surface area is 236 Å². The Morgan fingerprint density at radius 2 is 0.742 bits per heavy atom. The molecule has 0 aromatic heterocycles. The molecule has 162 valence electrons. The predicted molar refractivity (Wildman–Crippen MR) is 158 cm³/mol. The number of rotatable bonds is 6. The first-order valence-corrected chi connectivity index (χ1v) is 14.9. The minimum absolute atomic E-state index is 0.0132. The molecule has 0 atom stereocenters. The maximum atomic E-state index is 3.97. The molecule has 3 aromatic rings. The number of aryl methyl sites for hydroxylation is 3. The van der Waals surface area contributed by atoms with Gasteiger partial charge in [0.1, 0.15) is 0 Å². The molecular formula is C24H21BBr6. The zero-order chi connectivity index (χ0) is 22.9. The van der Waals surface area contributed by atoms with E-state index in [0.717, 1.165) is 46.1 Å². The summed E-state index contributed by atoms with van der Waals surface area (Å²) in [5.74, 6) is 0. The van der Waals surface area contributed by atoms with E-state index in [4.69, 9.17) is 0 Å². The van der Waals surface area contributed by atoms with Gasteiger partial charge in [0, 0.05) is 26.8 Å². The summed E-state index contributed by atoms with van der Waals surface area (Å²) in [5.41, 5.74) is 7.55. The van der Waals surface area contributed by atoms with E-state index < -0.39 is 0 Å². The Bertz CT molecular complexity index is 984. The lowest BCUT2D eigenvalue weighted by Gasteiger charge is -2.26. The van der Waals surface area contributed by atoms with Crippen LogP contribution in [-0.4, -0.2) is 6.71 Å². The standard InChI is InChI=1S/C24H21BBr6/c1-4-13-7-10-16(26)19(22(13)29)25(20-17(27)11-8-14(5-2)23(20)30)21-18(28)12-9-15(6-3)24(21)31/h7-12H,4-6H2,1-3H3.